The van der Waals surface area contributed by atoms with Crippen LogP contribution in [0.1, 0.15) is 65.1 Å². The van der Waals surface area contributed by atoms with Gasteiger partial charge in [0.05, 0.1) is 47.0 Å². The number of Topliss-reactive ketones (excluding diaryl/α,β-unsaturated/α-hetero) is 1. The number of carbonyl (C=O) groups is 2. The van der Waals surface area contributed by atoms with Crippen LogP contribution in [0.3, 0.4) is 0 Å². The van der Waals surface area contributed by atoms with Crippen LogP contribution in [-0.4, -0.2) is 59.7 Å². The van der Waals surface area contributed by atoms with E-state index in [2.05, 4.69) is 18.8 Å². The number of aryl methyl sites for hydroxylation is 2. The lowest BCUT2D eigenvalue weighted by Gasteiger charge is -2.29. The zero-order chi connectivity index (χ0) is 26.0. The molecule has 2 aliphatic rings. The third kappa shape index (κ3) is 5.27. The molecule has 0 radical (unpaired) electrons. The Morgan fingerprint density at radius 3 is 2.69 bits per heavy atom. The van der Waals surface area contributed by atoms with Gasteiger partial charge >= 0.3 is 0 Å². The Labute approximate surface area is 215 Å². The standard InChI is InChI=1S/C27H34N2O6S/c1-15(2)10-12-35-20-9-8-18(13-21(20)33-5)23-22(24(30)26-16(3)28-17(4)36-26)25(31)27(32)29(23)14-19-7-6-11-34-19/h8-9,13,15,19,23,31H,6-7,10-12,14H2,1-5H3. The summed E-state index contributed by atoms with van der Waals surface area (Å²) in [4.78, 5) is 33.3. The van der Waals surface area contributed by atoms with Crippen LogP contribution >= 0.6 is 11.3 Å². The first-order valence-electron chi connectivity index (χ1n) is 12.4. The first kappa shape index (κ1) is 26.2. The van der Waals surface area contributed by atoms with E-state index in [-0.39, 0.29) is 24.0 Å². The molecule has 0 saturated carbocycles. The van der Waals surface area contributed by atoms with E-state index in [1.54, 1.807) is 26.2 Å². The molecule has 0 spiro atoms. The van der Waals surface area contributed by atoms with E-state index < -0.39 is 17.7 Å². The number of aliphatic hydroxyl groups is 1. The van der Waals surface area contributed by atoms with Gasteiger partial charge < -0.3 is 24.2 Å². The normalized spacial score (nSPS) is 20.1. The highest BCUT2D eigenvalue weighted by atomic mass is 32.1. The van der Waals surface area contributed by atoms with Crippen LogP contribution < -0.4 is 9.47 Å². The van der Waals surface area contributed by atoms with Crippen molar-refractivity contribution < 1.29 is 28.9 Å². The summed E-state index contributed by atoms with van der Waals surface area (Å²) in [6, 6.07) is 4.61. The number of hydrogen-bond donors (Lipinski definition) is 1. The second-order valence-corrected chi connectivity index (χ2v) is 10.9. The molecule has 0 aliphatic carbocycles. The molecule has 4 rings (SSSR count). The number of methoxy groups -OCH3 is 1. The van der Waals surface area contributed by atoms with Crippen LogP contribution in [0, 0.1) is 19.8 Å². The second-order valence-electron chi connectivity index (χ2n) is 9.68. The third-order valence-corrected chi connectivity index (χ3v) is 7.61. The van der Waals surface area contributed by atoms with Crippen LogP contribution in [0.4, 0.5) is 0 Å². The summed E-state index contributed by atoms with van der Waals surface area (Å²) in [5.41, 5.74) is 1.29. The molecule has 9 heteroatoms. The van der Waals surface area contributed by atoms with Gasteiger partial charge in [-0.1, -0.05) is 19.9 Å². The molecule has 2 aliphatic heterocycles. The Hall–Kier alpha value is -2.91. The third-order valence-electron chi connectivity index (χ3n) is 6.54. The van der Waals surface area contributed by atoms with Crippen molar-refractivity contribution in [3.8, 4) is 11.5 Å². The van der Waals surface area contributed by atoms with E-state index in [0.717, 1.165) is 24.3 Å². The summed E-state index contributed by atoms with van der Waals surface area (Å²) in [6.07, 6.45) is 2.49. The molecule has 8 nitrogen and oxygen atoms in total. The maximum Gasteiger partial charge on any atom is 0.290 e. The molecule has 1 amide bonds. The molecule has 1 N–H and O–H groups in total. The largest absolute Gasteiger partial charge is 0.503 e. The fourth-order valence-corrected chi connectivity index (χ4v) is 5.54. The van der Waals surface area contributed by atoms with Gasteiger partial charge in [-0.25, -0.2) is 4.98 Å². The van der Waals surface area contributed by atoms with Crippen molar-refractivity contribution in [3.63, 3.8) is 0 Å². The minimum absolute atomic E-state index is 0.0558. The van der Waals surface area contributed by atoms with Crippen LogP contribution in [0.25, 0.3) is 0 Å². The average Bonchev–Trinajstić information content (AvgIpc) is 3.54. The highest BCUT2D eigenvalue weighted by Crippen LogP contribution is 2.43. The van der Waals surface area contributed by atoms with Gasteiger partial charge in [0.15, 0.2) is 17.3 Å². The number of nitrogens with zero attached hydrogens (tertiary/aromatic N) is 2. The molecule has 1 fully saturated rings. The van der Waals surface area contributed by atoms with Gasteiger partial charge in [0.25, 0.3) is 5.91 Å². The number of hydrogen-bond acceptors (Lipinski definition) is 8. The maximum absolute atomic E-state index is 13.7. The molecule has 2 unspecified atom stereocenters. The molecule has 1 saturated heterocycles. The van der Waals surface area contributed by atoms with Crippen molar-refractivity contribution in [1.82, 2.24) is 9.88 Å². The molecule has 194 valence electrons. The van der Waals surface area contributed by atoms with E-state index in [0.29, 0.717) is 46.8 Å². The summed E-state index contributed by atoms with van der Waals surface area (Å²) in [5, 5.41) is 11.7. The lowest BCUT2D eigenvalue weighted by Crippen LogP contribution is -2.37. The molecule has 1 aromatic carbocycles. The van der Waals surface area contributed by atoms with E-state index in [1.807, 2.05) is 13.0 Å². The quantitative estimate of drug-likeness (QED) is 0.448. The monoisotopic (exact) mass is 514 g/mol. The Morgan fingerprint density at radius 1 is 1.31 bits per heavy atom. The van der Waals surface area contributed by atoms with Crippen LogP contribution in [0.2, 0.25) is 0 Å². The first-order valence-corrected chi connectivity index (χ1v) is 13.2. The SMILES string of the molecule is COc1cc(C2C(C(=O)c3sc(C)nc3C)=C(O)C(=O)N2CC2CCCO2)ccc1OCCC(C)C. The van der Waals surface area contributed by atoms with Gasteiger partial charge in [0.1, 0.15) is 0 Å². The Kier molecular flexibility index (Phi) is 8.00. The molecule has 36 heavy (non-hydrogen) atoms. The van der Waals surface area contributed by atoms with Gasteiger partial charge in [-0.15, -0.1) is 11.3 Å². The molecule has 1 aromatic heterocycles. The highest BCUT2D eigenvalue weighted by Gasteiger charge is 2.45. The summed E-state index contributed by atoms with van der Waals surface area (Å²) in [6.45, 7) is 9.32. The van der Waals surface area contributed by atoms with Crippen molar-refractivity contribution in [3.05, 3.63) is 50.7 Å². The molecule has 3 heterocycles. The molecular formula is C27H34N2O6S. The Balaban J connectivity index is 1.73. The number of amides is 1. The smallest absolute Gasteiger partial charge is 0.290 e. The second kappa shape index (κ2) is 11.0. The molecule has 0 bridgehead atoms. The number of ketones is 1. The topological polar surface area (TPSA) is 98.2 Å². The van der Waals surface area contributed by atoms with E-state index in [1.165, 1.54) is 16.2 Å². The fraction of sp³-hybridized carbons (Fsp3) is 0.519. The van der Waals surface area contributed by atoms with Crippen molar-refractivity contribution in [1.29, 1.82) is 0 Å². The number of carbonyl (C=O) groups excluding carboxylic acids is 2. The predicted molar refractivity (Wildman–Crippen MR) is 137 cm³/mol. The lowest BCUT2D eigenvalue weighted by molar-refractivity contribution is -0.131. The highest BCUT2D eigenvalue weighted by molar-refractivity contribution is 7.14. The number of rotatable bonds is 10. The van der Waals surface area contributed by atoms with Gasteiger partial charge in [-0.2, -0.15) is 0 Å². The molecule has 2 atom stereocenters. The van der Waals surface area contributed by atoms with Crippen molar-refractivity contribution >= 4 is 23.0 Å². The number of aromatic nitrogens is 1. The van der Waals surface area contributed by atoms with Crippen molar-refractivity contribution in [2.75, 3.05) is 26.9 Å². The van der Waals surface area contributed by atoms with E-state index in [9.17, 15) is 14.7 Å². The first-order chi connectivity index (χ1) is 17.2. The minimum Gasteiger partial charge on any atom is -0.503 e. The average molecular weight is 515 g/mol. The number of thiazole rings is 1. The van der Waals surface area contributed by atoms with Gasteiger partial charge in [-0.3, -0.25) is 9.59 Å². The predicted octanol–water partition coefficient (Wildman–Crippen LogP) is 4.95. The van der Waals surface area contributed by atoms with Gasteiger partial charge in [0.2, 0.25) is 5.78 Å². The molecule has 2 aromatic rings. The Morgan fingerprint density at radius 2 is 2.08 bits per heavy atom. The maximum atomic E-state index is 13.7. The van der Waals surface area contributed by atoms with Crippen LogP contribution in [-0.2, 0) is 9.53 Å². The summed E-state index contributed by atoms with van der Waals surface area (Å²) >= 11 is 1.26. The van der Waals surface area contributed by atoms with Crippen molar-refractivity contribution in [2.24, 2.45) is 5.92 Å². The zero-order valence-electron chi connectivity index (χ0n) is 21.5. The van der Waals surface area contributed by atoms with Crippen molar-refractivity contribution in [2.45, 2.75) is 59.1 Å². The summed E-state index contributed by atoms with van der Waals surface area (Å²) in [7, 11) is 1.56. The van der Waals surface area contributed by atoms with Gasteiger partial charge in [0, 0.05) is 13.2 Å². The Bertz CT molecular complexity index is 1170. The van der Waals surface area contributed by atoms with Crippen LogP contribution in [0.5, 0.6) is 11.5 Å². The number of benzene rings is 1. The zero-order valence-corrected chi connectivity index (χ0v) is 22.3. The fourth-order valence-electron chi connectivity index (χ4n) is 4.67. The lowest BCUT2D eigenvalue weighted by atomic mass is 9.94. The van der Waals surface area contributed by atoms with E-state index >= 15 is 0 Å². The van der Waals surface area contributed by atoms with Gasteiger partial charge in [-0.05, 0) is 56.7 Å². The van der Waals surface area contributed by atoms with E-state index in [4.69, 9.17) is 14.2 Å². The van der Waals surface area contributed by atoms with Crippen LogP contribution in [0.15, 0.2) is 29.5 Å². The molecular weight excluding hydrogens is 480 g/mol. The minimum atomic E-state index is -0.783. The number of aliphatic hydroxyl groups excluding tert-OH is 1. The number of ether oxygens (including phenoxy) is 3. The summed E-state index contributed by atoms with van der Waals surface area (Å²) in [5.74, 6) is 0.112. The summed E-state index contributed by atoms with van der Waals surface area (Å²) < 4.78 is 17.3.